The molecule has 1 amide bonds. The summed E-state index contributed by atoms with van der Waals surface area (Å²) in [5.41, 5.74) is 0.675. The van der Waals surface area contributed by atoms with E-state index in [1.54, 1.807) is 6.92 Å². The molecule has 0 bridgehead atoms. The minimum atomic E-state index is -0.770. The molecule has 0 heterocycles. The molecule has 0 aromatic rings. The van der Waals surface area contributed by atoms with Gasteiger partial charge in [-0.1, -0.05) is 26.8 Å². The Labute approximate surface area is 109 Å². The minimum absolute atomic E-state index is 0.0362. The molecule has 104 valence electrons. The molecule has 0 aromatic carbocycles. The highest BCUT2D eigenvalue weighted by atomic mass is 16.4. The topological polar surface area (TPSA) is 66.4 Å². The maximum atomic E-state index is 11.6. The van der Waals surface area contributed by atoms with Crippen molar-refractivity contribution >= 4 is 11.9 Å². The Morgan fingerprint density at radius 1 is 1.28 bits per heavy atom. The number of amides is 1. The lowest BCUT2D eigenvalue weighted by Gasteiger charge is -2.23. The molecule has 0 aliphatic heterocycles. The van der Waals surface area contributed by atoms with Gasteiger partial charge in [0.1, 0.15) is 0 Å². The van der Waals surface area contributed by atoms with E-state index in [4.69, 9.17) is 5.11 Å². The van der Waals surface area contributed by atoms with Gasteiger partial charge in [-0.3, -0.25) is 9.59 Å². The molecule has 0 aliphatic carbocycles. The molecular weight excluding hydrogens is 230 g/mol. The lowest BCUT2D eigenvalue weighted by molar-refractivity contribution is -0.137. The standard InChI is InChI=1S/C14H25NO3/c1-5-6-11(2)13(18)15-10-9-14(3,4)8-7-12(16)17/h6H,5,7-10H2,1-4H3,(H,15,18)(H,16,17). The minimum Gasteiger partial charge on any atom is -0.481 e. The highest BCUT2D eigenvalue weighted by Gasteiger charge is 2.19. The van der Waals surface area contributed by atoms with E-state index in [0.717, 1.165) is 18.4 Å². The Morgan fingerprint density at radius 3 is 2.39 bits per heavy atom. The number of nitrogens with one attached hydrogen (secondary N) is 1. The first kappa shape index (κ1) is 16.7. The normalized spacial score (nSPS) is 12.3. The van der Waals surface area contributed by atoms with Crippen LogP contribution in [0.3, 0.4) is 0 Å². The van der Waals surface area contributed by atoms with Gasteiger partial charge in [0.05, 0.1) is 0 Å². The zero-order chi connectivity index (χ0) is 14.2. The first-order valence-electron chi connectivity index (χ1n) is 6.45. The molecule has 0 fully saturated rings. The molecule has 4 heteroatoms. The first-order chi connectivity index (χ1) is 8.28. The fourth-order valence-electron chi connectivity index (χ4n) is 1.62. The van der Waals surface area contributed by atoms with E-state index < -0.39 is 5.97 Å². The van der Waals surface area contributed by atoms with Gasteiger partial charge in [-0.25, -0.2) is 0 Å². The van der Waals surface area contributed by atoms with Crippen molar-refractivity contribution in [3.63, 3.8) is 0 Å². The number of aliphatic carboxylic acids is 1. The Kier molecular flexibility index (Phi) is 7.32. The van der Waals surface area contributed by atoms with Gasteiger partial charge in [0.25, 0.3) is 0 Å². The fraction of sp³-hybridized carbons (Fsp3) is 0.714. The summed E-state index contributed by atoms with van der Waals surface area (Å²) in [5.74, 6) is -0.806. The van der Waals surface area contributed by atoms with E-state index in [0.29, 0.717) is 13.0 Å². The second-order valence-corrected chi connectivity index (χ2v) is 5.36. The Hall–Kier alpha value is -1.32. The van der Waals surface area contributed by atoms with E-state index in [-0.39, 0.29) is 17.7 Å². The Bertz CT molecular complexity index is 319. The van der Waals surface area contributed by atoms with Gasteiger partial charge in [0, 0.05) is 18.5 Å². The molecule has 18 heavy (non-hydrogen) atoms. The summed E-state index contributed by atoms with van der Waals surface area (Å²) in [6, 6.07) is 0. The zero-order valence-electron chi connectivity index (χ0n) is 11.9. The van der Waals surface area contributed by atoms with Crippen molar-refractivity contribution in [1.82, 2.24) is 5.32 Å². The summed E-state index contributed by atoms with van der Waals surface area (Å²) in [7, 11) is 0. The van der Waals surface area contributed by atoms with Crippen LogP contribution in [0, 0.1) is 5.41 Å². The van der Waals surface area contributed by atoms with Crippen LogP contribution in [0.5, 0.6) is 0 Å². The molecule has 0 saturated carbocycles. The molecule has 4 nitrogen and oxygen atoms in total. The highest BCUT2D eigenvalue weighted by Crippen LogP contribution is 2.25. The second kappa shape index (κ2) is 7.90. The second-order valence-electron chi connectivity index (χ2n) is 5.36. The molecule has 0 aromatic heterocycles. The third-order valence-corrected chi connectivity index (χ3v) is 2.97. The molecule has 0 aliphatic rings. The van der Waals surface area contributed by atoms with Crippen LogP contribution in [0.25, 0.3) is 0 Å². The summed E-state index contributed by atoms with van der Waals surface area (Å²) >= 11 is 0. The summed E-state index contributed by atoms with van der Waals surface area (Å²) in [6.07, 6.45) is 4.33. The number of carboxylic acids is 1. The molecule has 0 unspecified atom stereocenters. The van der Waals surface area contributed by atoms with Crippen molar-refractivity contribution in [2.45, 2.75) is 53.4 Å². The molecule has 0 atom stereocenters. The number of hydrogen-bond donors (Lipinski definition) is 2. The molecule has 0 saturated heterocycles. The summed E-state index contributed by atoms with van der Waals surface area (Å²) in [6.45, 7) is 8.42. The van der Waals surface area contributed by atoms with Crippen LogP contribution in [-0.2, 0) is 9.59 Å². The Balaban J connectivity index is 3.99. The third kappa shape index (κ3) is 7.87. The van der Waals surface area contributed by atoms with Crippen molar-refractivity contribution in [3.05, 3.63) is 11.6 Å². The van der Waals surface area contributed by atoms with Gasteiger partial charge in [-0.2, -0.15) is 0 Å². The molecule has 0 radical (unpaired) electrons. The quantitative estimate of drug-likeness (QED) is 0.655. The van der Waals surface area contributed by atoms with Crippen LogP contribution in [0.4, 0.5) is 0 Å². The monoisotopic (exact) mass is 255 g/mol. The number of carboxylic acid groups (broad SMARTS) is 1. The maximum Gasteiger partial charge on any atom is 0.303 e. The summed E-state index contributed by atoms with van der Waals surface area (Å²) in [5, 5.41) is 11.5. The van der Waals surface area contributed by atoms with Gasteiger partial charge in [-0.05, 0) is 31.6 Å². The SMILES string of the molecule is CCC=C(C)C(=O)NCCC(C)(C)CCC(=O)O. The summed E-state index contributed by atoms with van der Waals surface area (Å²) in [4.78, 5) is 22.1. The number of allylic oxidation sites excluding steroid dienone is 1. The van der Waals surface area contributed by atoms with Crippen molar-refractivity contribution < 1.29 is 14.7 Å². The molecule has 0 spiro atoms. The predicted molar refractivity (Wildman–Crippen MR) is 72.3 cm³/mol. The van der Waals surface area contributed by atoms with Crippen LogP contribution < -0.4 is 5.32 Å². The van der Waals surface area contributed by atoms with Crippen molar-refractivity contribution in [3.8, 4) is 0 Å². The van der Waals surface area contributed by atoms with E-state index in [9.17, 15) is 9.59 Å². The lowest BCUT2D eigenvalue weighted by atomic mass is 9.84. The van der Waals surface area contributed by atoms with Crippen LogP contribution >= 0.6 is 0 Å². The van der Waals surface area contributed by atoms with Gasteiger partial charge in [0.15, 0.2) is 0 Å². The van der Waals surface area contributed by atoms with Gasteiger partial charge < -0.3 is 10.4 Å². The summed E-state index contributed by atoms with van der Waals surface area (Å²) < 4.78 is 0. The largest absolute Gasteiger partial charge is 0.481 e. The van der Waals surface area contributed by atoms with Crippen LogP contribution in [0.1, 0.15) is 53.4 Å². The van der Waals surface area contributed by atoms with E-state index in [1.807, 2.05) is 26.8 Å². The number of rotatable bonds is 8. The maximum absolute atomic E-state index is 11.6. The first-order valence-corrected chi connectivity index (χ1v) is 6.45. The van der Waals surface area contributed by atoms with Gasteiger partial charge in [0.2, 0.25) is 5.91 Å². The lowest BCUT2D eigenvalue weighted by Crippen LogP contribution is -2.28. The average molecular weight is 255 g/mol. The third-order valence-electron chi connectivity index (χ3n) is 2.97. The Morgan fingerprint density at radius 2 is 1.89 bits per heavy atom. The molecule has 2 N–H and O–H groups in total. The van der Waals surface area contributed by atoms with E-state index >= 15 is 0 Å². The van der Waals surface area contributed by atoms with Gasteiger partial charge >= 0.3 is 5.97 Å². The molecule has 0 rings (SSSR count). The van der Waals surface area contributed by atoms with Crippen LogP contribution in [0.15, 0.2) is 11.6 Å². The predicted octanol–water partition coefficient (Wildman–Crippen LogP) is 2.74. The molecular formula is C14H25NO3. The number of carbonyl (C=O) groups is 2. The van der Waals surface area contributed by atoms with Crippen LogP contribution in [-0.4, -0.2) is 23.5 Å². The van der Waals surface area contributed by atoms with E-state index in [2.05, 4.69) is 5.32 Å². The smallest absolute Gasteiger partial charge is 0.303 e. The van der Waals surface area contributed by atoms with E-state index in [1.165, 1.54) is 0 Å². The zero-order valence-corrected chi connectivity index (χ0v) is 11.9. The van der Waals surface area contributed by atoms with Crippen molar-refractivity contribution in [2.24, 2.45) is 5.41 Å². The van der Waals surface area contributed by atoms with Gasteiger partial charge in [-0.15, -0.1) is 0 Å². The number of carbonyl (C=O) groups excluding carboxylic acids is 1. The fourth-order valence-corrected chi connectivity index (χ4v) is 1.62. The van der Waals surface area contributed by atoms with Crippen molar-refractivity contribution in [1.29, 1.82) is 0 Å². The van der Waals surface area contributed by atoms with Crippen LogP contribution in [0.2, 0.25) is 0 Å². The van der Waals surface area contributed by atoms with Crippen molar-refractivity contribution in [2.75, 3.05) is 6.54 Å². The number of hydrogen-bond acceptors (Lipinski definition) is 2. The highest BCUT2D eigenvalue weighted by molar-refractivity contribution is 5.92. The average Bonchev–Trinajstić information content (AvgIpc) is 2.26.